The van der Waals surface area contributed by atoms with E-state index in [1.807, 2.05) is 32.0 Å². The van der Waals surface area contributed by atoms with Crippen LogP contribution >= 0.6 is 24.0 Å². The Morgan fingerprint density at radius 3 is 2.69 bits per heavy atom. The average molecular weight is 429 g/mol. The maximum atomic E-state index is 12.8. The van der Waals surface area contributed by atoms with Gasteiger partial charge in [-0.2, -0.15) is 5.01 Å². The molecule has 6 nitrogen and oxygen atoms in total. The van der Waals surface area contributed by atoms with Crippen LogP contribution in [0.1, 0.15) is 28.4 Å². The Kier molecular flexibility index (Phi) is 6.56. The first kappa shape index (κ1) is 20.9. The fraction of sp³-hybridized carbons (Fsp3) is 0.190. The summed E-state index contributed by atoms with van der Waals surface area (Å²) in [4.78, 5) is 25.7. The standard InChI is InChI=1S/C21H20N2O4S2/c1-4-27-16-10-9-14(11-17(16)26-3)12-18-20(25)23(21(28)29-18)22-19(24)15-8-6-5-7-13(15)2/h5-12H,4H2,1-3H3,(H,22,24). The van der Waals surface area contributed by atoms with Gasteiger partial charge in [-0.05, 0) is 61.5 Å². The van der Waals surface area contributed by atoms with Gasteiger partial charge in [0, 0.05) is 5.56 Å². The average Bonchev–Trinajstić information content (AvgIpc) is 2.97. The lowest BCUT2D eigenvalue weighted by molar-refractivity contribution is -0.123. The van der Waals surface area contributed by atoms with Gasteiger partial charge >= 0.3 is 0 Å². The van der Waals surface area contributed by atoms with Crippen LogP contribution in [0.25, 0.3) is 6.08 Å². The van der Waals surface area contributed by atoms with Gasteiger partial charge < -0.3 is 9.47 Å². The molecule has 0 aromatic heterocycles. The molecule has 1 aliphatic rings. The van der Waals surface area contributed by atoms with Crippen molar-refractivity contribution in [3.8, 4) is 11.5 Å². The van der Waals surface area contributed by atoms with E-state index in [1.54, 1.807) is 37.5 Å². The Morgan fingerprint density at radius 2 is 2.00 bits per heavy atom. The number of hydrogen-bond acceptors (Lipinski definition) is 6. The van der Waals surface area contributed by atoms with Crippen LogP contribution in [0.4, 0.5) is 0 Å². The Bertz CT molecular complexity index is 1000. The minimum Gasteiger partial charge on any atom is -0.493 e. The first-order valence-corrected chi connectivity index (χ1v) is 10.1. The van der Waals surface area contributed by atoms with Crippen LogP contribution in [0.15, 0.2) is 47.4 Å². The molecule has 150 valence electrons. The summed E-state index contributed by atoms with van der Waals surface area (Å²) in [5.74, 6) is 0.437. The number of carbonyl (C=O) groups is 2. The molecule has 0 spiro atoms. The molecule has 1 saturated heterocycles. The molecule has 2 amide bonds. The van der Waals surface area contributed by atoms with Gasteiger partial charge in [0.25, 0.3) is 11.8 Å². The number of nitrogens with zero attached hydrogens (tertiary/aromatic N) is 1. The van der Waals surface area contributed by atoms with Crippen molar-refractivity contribution in [3.05, 3.63) is 64.1 Å². The van der Waals surface area contributed by atoms with E-state index in [-0.39, 0.29) is 16.1 Å². The Morgan fingerprint density at radius 1 is 1.24 bits per heavy atom. The van der Waals surface area contributed by atoms with Crippen molar-refractivity contribution in [3.63, 3.8) is 0 Å². The monoisotopic (exact) mass is 428 g/mol. The van der Waals surface area contributed by atoms with E-state index < -0.39 is 0 Å². The number of carbonyl (C=O) groups excluding carboxylic acids is 2. The van der Waals surface area contributed by atoms with Crippen molar-refractivity contribution in [2.45, 2.75) is 13.8 Å². The summed E-state index contributed by atoms with van der Waals surface area (Å²) in [5, 5.41) is 1.10. The largest absolute Gasteiger partial charge is 0.493 e. The molecule has 3 rings (SSSR count). The molecule has 1 fully saturated rings. The van der Waals surface area contributed by atoms with Gasteiger partial charge in [-0.3, -0.25) is 15.0 Å². The van der Waals surface area contributed by atoms with Crippen molar-refractivity contribution in [1.82, 2.24) is 10.4 Å². The number of thiocarbonyl (C=S) groups is 1. The van der Waals surface area contributed by atoms with Gasteiger partial charge in [0.1, 0.15) is 0 Å². The number of methoxy groups -OCH3 is 1. The Labute approximate surface area is 178 Å². The topological polar surface area (TPSA) is 67.9 Å². The van der Waals surface area contributed by atoms with Crippen LogP contribution < -0.4 is 14.9 Å². The second kappa shape index (κ2) is 9.11. The summed E-state index contributed by atoms with van der Waals surface area (Å²) >= 11 is 6.41. The molecule has 2 aromatic carbocycles. The minimum absolute atomic E-state index is 0.265. The first-order chi connectivity index (χ1) is 13.9. The fourth-order valence-electron chi connectivity index (χ4n) is 2.75. The van der Waals surface area contributed by atoms with Crippen molar-refractivity contribution < 1.29 is 19.1 Å². The maximum absolute atomic E-state index is 12.8. The lowest BCUT2D eigenvalue weighted by Crippen LogP contribution is -2.45. The number of benzene rings is 2. The summed E-state index contributed by atoms with van der Waals surface area (Å²) in [6, 6.07) is 12.5. The predicted molar refractivity (Wildman–Crippen MR) is 118 cm³/mol. The highest BCUT2D eigenvalue weighted by molar-refractivity contribution is 8.26. The molecule has 0 aliphatic carbocycles. The summed E-state index contributed by atoms with van der Waals surface area (Å²) in [6.45, 7) is 4.25. The van der Waals surface area contributed by atoms with Crippen LogP contribution in [0, 0.1) is 6.92 Å². The highest BCUT2D eigenvalue weighted by Crippen LogP contribution is 2.34. The summed E-state index contributed by atoms with van der Waals surface area (Å²) in [6.07, 6.45) is 1.71. The third kappa shape index (κ3) is 4.60. The molecule has 8 heteroatoms. The summed E-state index contributed by atoms with van der Waals surface area (Å²) in [5.41, 5.74) is 4.66. The molecular formula is C21H20N2O4S2. The number of hydrogen-bond donors (Lipinski definition) is 1. The number of aryl methyl sites for hydroxylation is 1. The van der Waals surface area contributed by atoms with Crippen molar-refractivity contribution >= 4 is 46.2 Å². The molecule has 0 radical (unpaired) electrons. The number of ether oxygens (including phenoxy) is 2. The molecule has 1 aliphatic heterocycles. The second-order valence-electron chi connectivity index (χ2n) is 6.12. The van der Waals surface area contributed by atoms with Gasteiger partial charge in [0.05, 0.1) is 18.6 Å². The van der Waals surface area contributed by atoms with Gasteiger partial charge in [-0.1, -0.05) is 36.0 Å². The number of amides is 2. The molecule has 0 atom stereocenters. The highest BCUT2D eigenvalue weighted by atomic mass is 32.2. The van der Waals surface area contributed by atoms with Gasteiger partial charge in [0.15, 0.2) is 15.8 Å². The molecule has 1 heterocycles. The minimum atomic E-state index is -0.386. The van der Waals surface area contributed by atoms with Crippen molar-refractivity contribution in [2.75, 3.05) is 13.7 Å². The van der Waals surface area contributed by atoms with Gasteiger partial charge in [-0.25, -0.2) is 0 Å². The SMILES string of the molecule is CCOc1ccc(C=C2SC(=S)N(NC(=O)c3ccccc3C)C2=O)cc1OC. The second-order valence-corrected chi connectivity index (χ2v) is 7.79. The van der Waals surface area contributed by atoms with E-state index in [2.05, 4.69) is 5.43 Å². The quantitative estimate of drug-likeness (QED) is 0.555. The molecule has 2 aromatic rings. The molecule has 29 heavy (non-hydrogen) atoms. The van der Waals surface area contributed by atoms with Crippen LogP contribution in [0.3, 0.4) is 0 Å². The van der Waals surface area contributed by atoms with Crippen LogP contribution in [-0.2, 0) is 4.79 Å². The van der Waals surface area contributed by atoms with Crippen LogP contribution in [0.5, 0.6) is 11.5 Å². The number of nitrogens with one attached hydrogen (secondary N) is 1. The Hall–Kier alpha value is -2.84. The highest BCUT2D eigenvalue weighted by Gasteiger charge is 2.34. The van der Waals surface area contributed by atoms with Crippen LogP contribution in [-0.4, -0.2) is 34.9 Å². The third-order valence-corrected chi connectivity index (χ3v) is 5.48. The van der Waals surface area contributed by atoms with E-state index >= 15 is 0 Å². The smallest absolute Gasteiger partial charge is 0.285 e. The maximum Gasteiger partial charge on any atom is 0.285 e. The zero-order chi connectivity index (χ0) is 21.0. The molecule has 0 bridgehead atoms. The first-order valence-electron chi connectivity index (χ1n) is 8.90. The molecule has 1 N–H and O–H groups in total. The lowest BCUT2D eigenvalue weighted by Gasteiger charge is -2.16. The zero-order valence-corrected chi connectivity index (χ0v) is 17.9. The summed E-state index contributed by atoms with van der Waals surface area (Å²) < 4.78 is 11.1. The number of hydrazine groups is 1. The molecule has 0 saturated carbocycles. The fourth-order valence-corrected chi connectivity index (χ4v) is 3.93. The zero-order valence-electron chi connectivity index (χ0n) is 16.2. The number of rotatable bonds is 6. The predicted octanol–water partition coefficient (Wildman–Crippen LogP) is 3.95. The lowest BCUT2D eigenvalue weighted by atomic mass is 10.1. The summed E-state index contributed by atoms with van der Waals surface area (Å²) in [7, 11) is 1.56. The van der Waals surface area contributed by atoms with E-state index in [4.69, 9.17) is 21.7 Å². The third-order valence-electron chi connectivity index (χ3n) is 4.18. The van der Waals surface area contributed by atoms with E-state index in [1.165, 1.54) is 0 Å². The molecular weight excluding hydrogens is 408 g/mol. The van der Waals surface area contributed by atoms with Gasteiger partial charge in [0.2, 0.25) is 0 Å². The van der Waals surface area contributed by atoms with Gasteiger partial charge in [-0.15, -0.1) is 0 Å². The van der Waals surface area contributed by atoms with E-state index in [9.17, 15) is 9.59 Å². The van der Waals surface area contributed by atoms with Crippen molar-refractivity contribution in [2.24, 2.45) is 0 Å². The van der Waals surface area contributed by atoms with Crippen molar-refractivity contribution in [1.29, 1.82) is 0 Å². The Balaban J connectivity index is 1.80. The van der Waals surface area contributed by atoms with E-state index in [0.29, 0.717) is 28.6 Å². The molecule has 0 unspecified atom stereocenters. The normalized spacial score (nSPS) is 15.0. The number of thioether (sulfide) groups is 1. The van der Waals surface area contributed by atoms with E-state index in [0.717, 1.165) is 27.9 Å². The van der Waals surface area contributed by atoms with Crippen LogP contribution in [0.2, 0.25) is 0 Å².